The van der Waals surface area contributed by atoms with Gasteiger partial charge in [-0.05, 0) is 38.8 Å². The summed E-state index contributed by atoms with van der Waals surface area (Å²) < 4.78 is 74.7. The number of rotatable bonds is 10. The number of carbonyl (C=O) groups is 2. The normalized spacial score (nSPS) is 14.3. The van der Waals surface area contributed by atoms with E-state index in [9.17, 15) is 31.0 Å². The predicted molar refractivity (Wildman–Crippen MR) is 114 cm³/mol. The van der Waals surface area contributed by atoms with Gasteiger partial charge >= 0.3 is 1.41 Å². The lowest BCUT2D eigenvalue weighted by Gasteiger charge is -2.17. The third-order valence-corrected chi connectivity index (χ3v) is 4.98. The smallest absolute Gasteiger partial charge is 0.348 e. The topological polar surface area (TPSA) is 174 Å². The fraction of sp³-hybridized carbons (Fsp3) is 0.647. The molecule has 30 heavy (non-hydrogen) atoms. The molecular weight excluding hydrogens is 438 g/mol. The SMILES string of the molecule is C=CC(=O)NC(C(C)C)S(=O)(=O)O.C=CC(=O)NCS(=O)(=O)[O-].[2H]C(C)[N+]([2H])(CC)CC. The maximum atomic E-state index is 10.8. The third-order valence-electron chi connectivity index (χ3n) is 3.18. The molecule has 4 N–H and O–H groups in total. The van der Waals surface area contributed by atoms with Gasteiger partial charge in [-0.2, -0.15) is 8.42 Å². The van der Waals surface area contributed by atoms with E-state index >= 15 is 0 Å². The second-order valence-corrected chi connectivity index (χ2v) is 8.76. The molecule has 0 rings (SSSR count). The second-order valence-electron chi connectivity index (χ2n) is 5.82. The van der Waals surface area contributed by atoms with Gasteiger partial charge in [0.15, 0.2) is 5.37 Å². The minimum absolute atomic E-state index is 0.111. The quantitative estimate of drug-likeness (QED) is 0.227. The van der Waals surface area contributed by atoms with Crippen molar-refractivity contribution in [3.05, 3.63) is 25.3 Å². The Morgan fingerprint density at radius 1 is 1.13 bits per heavy atom. The summed E-state index contributed by atoms with van der Waals surface area (Å²) in [5.74, 6) is -2.60. The van der Waals surface area contributed by atoms with Gasteiger partial charge in [-0.1, -0.05) is 27.0 Å². The molecule has 2 amide bonds. The summed E-state index contributed by atoms with van der Waals surface area (Å²) in [4.78, 5) is 21.1. The van der Waals surface area contributed by atoms with Crippen LogP contribution >= 0.6 is 0 Å². The minimum Gasteiger partial charge on any atom is -0.747 e. The average molecular weight is 476 g/mol. The summed E-state index contributed by atoms with van der Waals surface area (Å²) in [7, 11) is -8.61. The van der Waals surface area contributed by atoms with Crippen LogP contribution in [0.1, 0.15) is 36.0 Å². The van der Waals surface area contributed by atoms with E-state index in [4.69, 9.17) is 7.34 Å². The summed E-state index contributed by atoms with van der Waals surface area (Å²) in [6, 6.07) is 0. The van der Waals surface area contributed by atoms with Crippen molar-refractivity contribution in [2.75, 3.05) is 25.5 Å². The first-order chi connectivity index (χ1) is 14.3. The van der Waals surface area contributed by atoms with Crippen LogP contribution in [0.2, 0.25) is 1.41 Å². The van der Waals surface area contributed by atoms with Crippen LogP contribution in [0.4, 0.5) is 0 Å². The molecule has 2 unspecified atom stereocenters. The largest absolute Gasteiger partial charge is 0.747 e. The maximum Gasteiger partial charge on any atom is 0.348 e. The Morgan fingerprint density at radius 2 is 1.57 bits per heavy atom. The van der Waals surface area contributed by atoms with Gasteiger partial charge in [-0.3, -0.25) is 14.1 Å². The molecule has 2 atom stereocenters. The molecule has 0 aromatic heterocycles. The van der Waals surface area contributed by atoms with Gasteiger partial charge in [0.1, 0.15) is 16.0 Å². The first kappa shape index (κ1) is 28.2. The van der Waals surface area contributed by atoms with Crippen LogP contribution in [-0.4, -0.2) is 68.6 Å². The molecular formula is C17H35N3O8S2. The number of carbonyl (C=O) groups excluding carboxylic acids is 2. The van der Waals surface area contributed by atoms with E-state index in [2.05, 4.69) is 18.5 Å². The Labute approximate surface area is 183 Å². The average Bonchev–Trinajstić information content (AvgIpc) is 2.68. The van der Waals surface area contributed by atoms with Crippen LogP contribution in [0.5, 0.6) is 0 Å². The lowest BCUT2D eigenvalue weighted by molar-refractivity contribution is -0.894. The Kier molecular flexibility index (Phi) is 15.9. The van der Waals surface area contributed by atoms with Crippen molar-refractivity contribution < 1.29 is 43.2 Å². The standard InChI is InChI=1S/C7H13NO4S.C6H15N.C4H7NO4S/c1-4-6(9)8-7(5(2)3)13(10,11)12;1-4-7(5-2)6-3;1-2-4(6)5-3-10(7,8)9/h4-5,7H,1H2,2-3H3,(H,8,9)(H,10,11,12);4-6H2,1-3H3;2H,1,3H2,(H,5,6)(H,7,8,9)/i;4D;/hD. The van der Waals surface area contributed by atoms with E-state index in [1.54, 1.807) is 20.8 Å². The lowest BCUT2D eigenvalue weighted by Crippen LogP contribution is -3.11. The highest BCUT2D eigenvalue weighted by Gasteiger charge is 2.27. The Morgan fingerprint density at radius 3 is 1.77 bits per heavy atom. The van der Waals surface area contributed by atoms with Crippen molar-refractivity contribution in [1.82, 2.24) is 10.6 Å². The number of quaternary nitrogens is 1. The molecule has 0 saturated heterocycles. The van der Waals surface area contributed by atoms with Crippen LogP contribution in [0.3, 0.4) is 0 Å². The molecule has 0 spiro atoms. The van der Waals surface area contributed by atoms with Gasteiger partial charge in [0.25, 0.3) is 10.1 Å². The number of nitrogens with one attached hydrogen (secondary N) is 3. The van der Waals surface area contributed by atoms with Gasteiger partial charge in [-0.15, -0.1) is 0 Å². The van der Waals surface area contributed by atoms with Crippen molar-refractivity contribution >= 4 is 32.1 Å². The van der Waals surface area contributed by atoms with Crippen LogP contribution in [0.25, 0.3) is 0 Å². The first-order valence-corrected chi connectivity index (χ1v) is 11.9. The van der Waals surface area contributed by atoms with Gasteiger partial charge in [0, 0.05) is 0 Å². The first-order valence-electron chi connectivity index (χ1n) is 9.88. The fourth-order valence-electron chi connectivity index (χ4n) is 1.60. The molecule has 0 aliphatic heterocycles. The van der Waals surface area contributed by atoms with E-state index in [1.165, 1.54) is 0 Å². The van der Waals surface area contributed by atoms with Crippen molar-refractivity contribution in [1.29, 1.82) is 0 Å². The summed E-state index contributed by atoms with van der Waals surface area (Å²) in [5.41, 5.74) is 0. The molecule has 178 valence electrons. The second kappa shape index (κ2) is 16.9. The van der Waals surface area contributed by atoms with Crippen molar-refractivity contribution in [2.24, 2.45) is 5.92 Å². The highest BCUT2D eigenvalue weighted by Crippen LogP contribution is 2.07. The fourth-order valence-corrected chi connectivity index (χ4v) is 2.88. The Bertz CT molecular complexity index is 812. The third kappa shape index (κ3) is 20.9. The lowest BCUT2D eigenvalue weighted by atomic mass is 10.2. The molecule has 13 heteroatoms. The van der Waals surface area contributed by atoms with Crippen LogP contribution in [-0.2, 0) is 29.8 Å². The summed E-state index contributed by atoms with van der Waals surface area (Å²) in [6.07, 6.45) is 1.83. The molecule has 0 heterocycles. The van der Waals surface area contributed by atoms with Crippen molar-refractivity contribution in [2.45, 2.75) is 40.0 Å². The zero-order valence-corrected chi connectivity index (χ0v) is 19.6. The molecule has 0 aromatic carbocycles. The molecule has 0 aromatic rings. The predicted octanol–water partition coefficient (Wildman–Crippen LogP) is -1.12. The Balaban J connectivity index is -0.000000403. The van der Waals surface area contributed by atoms with Gasteiger partial charge in [0.2, 0.25) is 11.8 Å². The van der Waals surface area contributed by atoms with Gasteiger partial charge in [0.05, 0.1) is 21.0 Å². The molecule has 0 bridgehead atoms. The van der Waals surface area contributed by atoms with E-state index in [-0.39, 0.29) is 11.4 Å². The van der Waals surface area contributed by atoms with E-state index in [0.717, 1.165) is 25.2 Å². The minimum atomic E-state index is -4.36. The summed E-state index contributed by atoms with van der Waals surface area (Å²) >= 11 is 0. The van der Waals surface area contributed by atoms with Crippen LogP contribution in [0.15, 0.2) is 25.3 Å². The molecule has 0 saturated carbocycles. The van der Waals surface area contributed by atoms with Crippen LogP contribution in [0, 0.1) is 5.92 Å². The molecule has 0 aliphatic carbocycles. The zero-order chi connectivity index (χ0) is 26.3. The Hall–Kier alpha value is -1.80. The van der Waals surface area contributed by atoms with E-state index in [1.807, 2.05) is 19.2 Å². The highest BCUT2D eigenvalue weighted by molar-refractivity contribution is 7.86. The molecule has 11 nitrogen and oxygen atoms in total. The van der Waals surface area contributed by atoms with Crippen molar-refractivity contribution in [3.8, 4) is 0 Å². The van der Waals surface area contributed by atoms with E-state index < -0.39 is 49.2 Å². The number of amides is 2. The molecule has 0 fully saturated rings. The maximum absolute atomic E-state index is 10.8. The zero-order valence-electron chi connectivity index (χ0n) is 20.0. The van der Waals surface area contributed by atoms with Crippen molar-refractivity contribution in [3.63, 3.8) is 0 Å². The van der Waals surface area contributed by atoms with E-state index in [0.29, 0.717) is 0 Å². The highest BCUT2D eigenvalue weighted by atomic mass is 32.2. The van der Waals surface area contributed by atoms with Crippen LogP contribution < -0.4 is 15.5 Å². The number of hydrogen-bond donors (Lipinski definition) is 4. The molecule has 0 aliphatic rings. The summed E-state index contributed by atoms with van der Waals surface area (Å²) in [6.45, 7) is 16.1. The summed E-state index contributed by atoms with van der Waals surface area (Å²) in [5, 5.41) is 2.65. The molecule has 0 radical (unpaired) electrons. The monoisotopic (exact) mass is 475 g/mol. The van der Waals surface area contributed by atoms with Gasteiger partial charge < -0.3 is 20.1 Å². The number of hydrogen-bond acceptors (Lipinski definition) is 7. The van der Waals surface area contributed by atoms with Gasteiger partial charge in [-0.25, -0.2) is 8.42 Å².